The van der Waals surface area contributed by atoms with Gasteiger partial charge in [-0.1, -0.05) is 0 Å². The van der Waals surface area contributed by atoms with Crippen LogP contribution in [0, 0.1) is 5.21 Å². The number of sulfone groups is 1. The Morgan fingerprint density at radius 1 is 1.24 bits per heavy atom. The Kier molecular flexibility index (Phi) is 4.67. The smallest absolute Gasteiger partial charge is 0.426 e. The van der Waals surface area contributed by atoms with Gasteiger partial charge in [0.05, 0.1) is 10.5 Å². The molecule has 1 aliphatic heterocycles. The van der Waals surface area contributed by atoms with Crippen LogP contribution >= 0.6 is 0 Å². The molecule has 1 aromatic carbocycles. The van der Waals surface area contributed by atoms with Crippen LogP contribution in [0.1, 0.15) is 28.5 Å². The molecule has 1 atom stereocenters. The van der Waals surface area contributed by atoms with Crippen molar-refractivity contribution >= 4 is 27.2 Å². The zero-order valence-electron chi connectivity index (χ0n) is 14.6. The number of hydrogen-bond donors (Lipinski definition) is 2. The monoisotopic (exact) mass is 430 g/mol. The number of pyridine rings is 1. The van der Waals surface area contributed by atoms with Crippen molar-refractivity contribution in [2.24, 2.45) is 0 Å². The van der Waals surface area contributed by atoms with Crippen molar-refractivity contribution in [3.63, 3.8) is 0 Å². The first-order valence-corrected chi connectivity index (χ1v) is 9.64. The van der Waals surface area contributed by atoms with Gasteiger partial charge in [-0.05, 0) is 31.2 Å². The summed E-state index contributed by atoms with van der Waals surface area (Å²) in [4.78, 5) is 24.0. The molecule has 154 valence electrons. The number of ketones is 1. The van der Waals surface area contributed by atoms with Crippen molar-refractivity contribution in [2.75, 3.05) is 5.32 Å². The van der Waals surface area contributed by atoms with Gasteiger partial charge in [0.15, 0.2) is 16.0 Å². The number of carbonyl (C=O) groups is 2. The fourth-order valence-corrected chi connectivity index (χ4v) is 4.30. The standard InChI is InChI=1S/C17H13F3N2O6S/c1-16(25,17(18,19)20)15(24)21-9-4-5-11-13(7-9)29(27,28)8-12-10(14(11)23)3-2-6-22(12)26/h2-7,25H,8H2,1H3,(H,21,24). The summed E-state index contributed by atoms with van der Waals surface area (Å²) in [5.41, 5.74) is -4.81. The highest BCUT2D eigenvalue weighted by atomic mass is 32.2. The van der Waals surface area contributed by atoms with E-state index in [9.17, 15) is 41.5 Å². The van der Waals surface area contributed by atoms with Crippen LogP contribution in [-0.2, 0) is 20.4 Å². The molecule has 0 bridgehead atoms. The third-order valence-electron chi connectivity index (χ3n) is 4.45. The van der Waals surface area contributed by atoms with Crippen LogP contribution in [0.4, 0.5) is 18.9 Å². The van der Waals surface area contributed by atoms with E-state index >= 15 is 0 Å². The lowest BCUT2D eigenvalue weighted by molar-refractivity contribution is -0.613. The summed E-state index contributed by atoms with van der Waals surface area (Å²) in [5, 5.41) is 23.1. The molecule has 0 aliphatic carbocycles. The van der Waals surface area contributed by atoms with Gasteiger partial charge in [-0.3, -0.25) is 9.59 Å². The van der Waals surface area contributed by atoms with Crippen molar-refractivity contribution in [3.8, 4) is 0 Å². The van der Waals surface area contributed by atoms with Crippen LogP contribution in [-0.4, -0.2) is 37.0 Å². The maximum atomic E-state index is 12.8. The zero-order chi connectivity index (χ0) is 21.8. The number of fused-ring (bicyclic) bond motifs is 2. The predicted molar refractivity (Wildman–Crippen MR) is 91.5 cm³/mol. The molecule has 2 N–H and O–H groups in total. The van der Waals surface area contributed by atoms with Crippen LogP contribution < -0.4 is 10.0 Å². The largest absolute Gasteiger partial charge is 0.618 e. The number of benzene rings is 1. The van der Waals surface area contributed by atoms with Crippen LogP contribution in [0.15, 0.2) is 41.4 Å². The van der Waals surface area contributed by atoms with E-state index in [-0.39, 0.29) is 34.2 Å². The fourth-order valence-electron chi connectivity index (χ4n) is 2.70. The highest BCUT2D eigenvalue weighted by molar-refractivity contribution is 7.90. The molecule has 0 saturated heterocycles. The number of hydrogen-bond acceptors (Lipinski definition) is 6. The Hall–Kier alpha value is -2.99. The first kappa shape index (κ1) is 20.7. The normalized spacial score (nSPS) is 17.5. The summed E-state index contributed by atoms with van der Waals surface area (Å²) in [6, 6.07) is 5.41. The minimum atomic E-state index is -5.27. The van der Waals surface area contributed by atoms with E-state index in [1.54, 1.807) is 5.32 Å². The van der Waals surface area contributed by atoms with Crippen LogP contribution in [0.2, 0.25) is 0 Å². The van der Waals surface area contributed by atoms with E-state index in [1.165, 1.54) is 12.1 Å². The highest BCUT2D eigenvalue weighted by Gasteiger charge is 2.55. The van der Waals surface area contributed by atoms with E-state index in [2.05, 4.69) is 0 Å². The van der Waals surface area contributed by atoms with Crippen molar-refractivity contribution in [1.29, 1.82) is 0 Å². The van der Waals surface area contributed by atoms with Gasteiger partial charge in [0, 0.05) is 17.3 Å². The maximum Gasteiger partial charge on any atom is 0.426 e. The summed E-state index contributed by atoms with van der Waals surface area (Å²) in [7, 11) is -4.25. The molecule has 8 nitrogen and oxygen atoms in total. The molecule has 1 aliphatic rings. The van der Waals surface area contributed by atoms with Crippen molar-refractivity contribution in [2.45, 2.75) is 29.3 Å². The predicted octanol–water partition coefficient (Wildman–Crippen LogP) is 1.09. The Labute approximate surface area is 162 Å². The van der Waals surface area contributed by atoms with Gasteiger partial charge in [0.2, 0.25) is 17.1 Å². The van der Waals surface area contributed by atoms with Crippen molar-refractivity contribution in [1.82, 2.24) is 0 Å². The average Bonchev–Trinajstić information content (AvgIpc) is 2.69. The minimum Gasteiger partial charge on any atom is -0.618 e. The van der Waals surface area contributed by atoms with Gasteiger partial charge in [-0.2, -0.15) is 17.9 Å². The van der Waals surface area contributed by atoms with Gasteiger partial charge >= 0.3 is 6.18 Å². The highest BCUT2D eigenvalue weighted by Crippen LogP contribution is 2.33. The lowest BCUT2D eigenvalue weighted by Crippen LogP contribution is -2.52. The van der Waals surface area contributed by atoms with Gasteiger partial charge in [-0.15, -0.1) is 0 Å². The van der Waals surface area contributed by atoms with E-state index in [0.29, 0.717) is 0 Å². The van der Waals surface area contributed by atoms with Gasteiger partial charge in [-0.25, -0.2) is 8.42 Å². The Morgan fingerprint density at radius 3 is 2.52 bits per heavy atom. The molecule has 2 heterocycles. The molecule has 3 rings (SSSR count). The lowest BCUT2D eigenvalue weighted by atomic mass is 10.0. The number of aromatic nitrogens is 1. The number of rotatable bonds is 2. The number of amides is 1. The second-order valence-corrected chi connectivity index (χ2v) is 8.48. The Morgan fingerprint density at radius 2 is 1.90 bits per heavy atom. The molecule has 1 amide bonds. The van der Waals surface area contributed by atoms with E-state index < -0.39 is 44.0 Å². The third kappa shape index (κ3) is 3.44. The summed E-state index contributed by atoms with van der Waals surface area (Å²) >= 11 is 0. The topological polar surface area (TPSA) is 127 Å². The maximum absolute atomic E-state index is 12.8. The van der Waals surface area contributed by atoms with E-state index in [4.69, 9.17) is 0 Å². The van der Waals surface area contributed by atoms with Gasteiger partial charge in [0.1, 0.15) is 5.75 Å². The second-order valence-electron chi connectivity index (χ2n) is 6.52. The summed E-state index contributed by atoms with van der Waals surface area (Å²) in [6.45, 7) is 0.246. The molecule has 29 heavy (non-hydrogen) atoms. The number of nitrogens with zero attached hydrogens (tertiary/aromatic N) is 1. The van der Waals surface area contributed by atoms with Crippen LogP contribution in [0.3, 0.4) is 0 Å². The van der Waals surface area contributed by atoms with E-state index in [0.717, 1.165) is 24.4 Å². The number of nitrogens with one attached hydrogen (secondary N) is 1. The SMILES string of the molecule is CC(O)(C(=O)Nc1ccc2c(c1)S(=O)(=O)Cc1c(ccc[n+]1[O-])C2=O)C(F)(F)F. The summed E-state index contributed by atoms with van der Waals surface area (Å²) in [5.74, 6) is -3.41. The van der Waals surface area contributed by atoms with Gasteiger partial charge < -0.3 is 15.6 Å². The van der Waals surface area contributed by atoms with Gasteiger partial charge in [0.25, 0.3) is 5.91 Å². The fraction of sp³-hybridized carbons (Fsp3) is 0.235. The zero-order valence-corrected chi connectivity index (χ0v) is 15.5. The molecule has 1 aromatic heterocycles. The van der Waals surface area contributed by atoms with Crippen molar-refractivity contribution < 1.29 is 41.0 Å². The molecule has 0 spiro atoms. The summed E-state index contributed by atoms with van der Waals surface area (Å²) in [6.07, 6.45) is -4.24. The van der Waals surface area contributed by atoms with Crippen LogP contribution in [0.5, 0.6) is 0 Å². The molecule has 2 aromatic rings. The quantitative estimate of drug-likeness (QED) is 0.542. The molecular formula is C17H13F3N2O6S. The number of anilines is 1. The molecule has 0 fully saturated rings. The number of halogens is 3. The number of alkyl halides is 3. The first-order valence-electron chi connectivity index (χ1n) is 7.99. The molecule has 0 saturated carbocycles. The number of aliphatic hydroxyl groups is 1. The first-order chi connectivity index (χ1) is 13.3. The van der Waals surface area contributed by atoms with Crippen LogP contribution in [0.25, 0.3) is 0 Å². The third-order valence-corrected chi connectivity index (χ3v) is 6.11. The molecule has 12 heteroatoms. The Bertz CT molecular complexity index is 1140. The molecule has 0 radical (unpaired) electrons. The van der Waals surface area contributed by atoms with Crippen molar-refractivity contribution in [3.05, 3.63) is 58.6 Å². The number of carbonyl (C=O) groups excluding carboxylic acids is 2. The molecule has 1 unspecified atom stereocenters. The Balaban J connectivity index is 2.07. The minimum absolute atomic E-state index is 0.124. The average molecular weight is 430 g/mol. The van der Waals surface area contributed by atoms with E-state index in [1.807, 2.05) is 0 Å². The second kappa shape index (κ2) is 6.52. The summed E-state index contributed by atoms with van der Waals surface area (Å²) < 4.78 is 64.0. The lowest BCUT2D eigenvalue weighted by Gasteiger charge is -2.25. The molecular weight excluding hydrogens is 417 g/mol.